The third kappa shape index (κ3) is 4.09. The molecule has 0 unspecified atom stereocenters. The Hall–Kier alpha value is -2.71. The van der Waals surface area contributed by atoms with Crippen molar-refractivity contribution in [3.63, 3.8) is 0 Å². The Morgan fingerprint density at radius 2 is 1.81 bits per heavy atom. The highest BCUT2D eigenvalue weighted by Gasteiger charge is 2.20. The zero-order valence-electron chi connectivity index (χ0n) is 14.0. The van der Waals surface area contributed by atoms with Gasteiger partial charge in [0.15, 0.2) is 0 Å². The molecule has 0 fully saturated rings. The van der Waals surface area contributed by atoms with E-state index in [9.17, 15) is 8.42 Å². The van der Waals surface area contributed by atoms with Crippen LogP contribution in [0.5, 0.6) is 11.8 Å². The first-order valence-corrected chi connectivity index (χ1v) is 9.43. The lowest BCUT2D eigenvalue weighted by atomic mass is 10.2. The fraction of sp³-hybridized carbons (Fsp3) is 0.118. The Morgan fingerprint density at radius 1 is 1.08 bits per heavy atom. The van der Waals surface area contributed by atoms with E-state index in [0.717, 1.165) is 0 Å². The van der Waals surface area contributed by atoms with Crippen LogP contribution in [-0.4, -0.2) is 23.4 Å². The van der Waals surface area contributed by atoms with Crippen LogP contribution in [0.1, 0.15) is 11.3 Å². The van der Waals surface area contributed by atoms with Crippen LogP contribution >= 0.6 is 11.6 Å². The number of sulfonamides is 1. The molecular formula is C17H15ClN4O3S. The quantitative estimate of drug-likeness (QED) is 0.667. The van der Waals surface area contributed by atoms with Crippen molar-refractivity contribution in [3.05, 3.63) is 65.2 Å². The molecule has 1 aromatic carbocycles. The molecule has 2 aromatic heterocycles. The van der Waals surface area contributed by atoms with Crippen molar-refractivity contribution >= 4 is 27.3 Å². The summed E-state index contributed by atoms with van der Waals surface area (Å²) in [6.07, 6.45) is 3.13. The van der Waals surface area contributed by atoms with Gasteiger partial charge >= 0.3 is 6.01 Å². The van der Waals surface area contributed by atoms with Gasteiger partial charge in [0.1, 0.15) is 15.8 Å². The van der Waals surface area contributed by atoms with Gasteiger partial charge in [0.25, 0.3) is 10.0 Å². The summed E-state index contributed by atoms with van der Waals surface area (Å²) in [6.45, 7) is 3.49. The van der Waals surface area contributed by atoms with Crippen molar-refractivity contribution in [3.8, 4) is 11.8 Å². The average molecular weight is 391 g/mol. The highest BCUT2D eigenvalue weighted by Crippen LogP contribution is 2.27. The summed E-state index contributed by atoms with van der Waals surface area (Å²) in [5.41, 5.74) is 1.70. The van der Waals surface area contributed by atoms with Crippen molar-refractivity contribution in [1.29, 1.82) is 0 Å². The zero-order chi connectivity index (χ0) is 18.7. The molecule has 0 aliphatic heterocycles. The summed E-state index contributed by atoms with van der Waals surface area (Å²) in [7, 11) is -3.86. The fourth-order valence-electron chi connectivity index (χ4n) is 2.17. The number of anilines is 1. The van der Waals surface area contributed by atoms with E-state index in [-0.39, 0.29) is 16.1 Å². The molecule has 0 atom stereocenters. The third-order valence-corrected chi connectivity index (χ3v) is 5.23. The number of halogens is 1. The van der Waals surface area contributed by atoms with Crippen LogP contribution in [-0.2, 0) is 10.0 Å². The minimum absolute atomic E-state index is 0.0728. The number of aryl methyl sites for hydroxylation is 2. The van der Waals surface area contributed by atoms with Crippen LogP contribution in [0.25, 0.3) is 0 Å². The lowest BCUT2D eigenvalue weighted by molar-refractivity contribution is 0.441. The molecule has 1 N–H and O–H groups in total. The van der Waals surface area contributed by atoms with Gasteiger partial charge in [-0.25, -0.2) is 23.4 Å². The molecule has 3 rings (SSSR count). The molecule has 134 valence electrons. The van der Waals surface area contributed by atoms with E-state index in [1.807, 2.05) is 0 Å². The number of ether oxygens (including phenoxy) is 1. The van der Waals surface area contributed by atoms with E-state index >= 15 is 0 Å². The minimum Gasteiger partial charge on any atom is -0.424 e. The molecule has 7 nitrogen and oxygen atoms in total. The summed E-state index contributed by atoms with van der Waals surface area (Å²) in [4.78, 5) is 11.8. The van der Waals surface area contributed by atoms with E-state index in [0.29, 0.717) is 22.7 Å². The van der Waals surface area contributed by atoms with E-state index in [4.69, 9.17) is 16.3 Å². The molecule has 0 saturated heterocycles. The van der Waals surface area contributed by atoms with Gasteiger partial charge in [0.2, 0.25) is 0 Å². The molecule has 26 heavy (non-hydrogen) atoms. The number of rotatable bonds is 5. The minimum atomic E-state index is -3.86. The van der Waals surface area contributed by atoms with Gasteiger partial charge in [0, 0.05) is 18.1 Å². The molecule has 9 heteroatoms. The molecule has 0 spiro atoms. The summed E-state index contributed by atoms with van der Waals surface area (Å²) < 4.78 is 33.2. The smallest absolute Gasteiger partial charge is 0.321 e. The molecule has 0 aliphatic carbocycles. The van der Waals surface area contributed by atoms with E-state index in [2.05, 4.69) is 19.7 Å². The van der Waals surface area contributed by atoms with Crippen molar-refractivity contribution in [2.45, 2.75) is 18.7 Å². The van der Waals surface area contributed by atoms with Gasteiger partial charge in [-0.15, -0.1) is 0 Å². The Kier molecular flexibility index (Phi) is 5.06. The van der Waals surface area contributed by atoms with Crippen LogP contribution in [0.2, 0.25) is 5.15 Å². The largest absolute Gasteiger partial charge is 0.424 e. The second-order valence-corrected chi connectivity index (χ2v) is 7.47. The van der Waals surface area contributed by atoms with Crippen molar-refractivity contribution < 1.29 is 13.2 Å². The second kappa shape index (κ2) is 7.27. The summed E-state index contributed by atoms with van der Waals surface area (Å²) >= 11 is 5.97. The van der Waals surface area contributed by atoms with Gasteiger partial charge in [-0.3, -0.25) is 4.72 Å². The maximum absolute atomic E-state index is 12.6. The molecule has 2 heterocycles. The van der Waals surface area contributed by atoms with Crippen LogP contribution in [0, 0.1) is 13.8 Å². The van der Waals surface area contributed by atoms with E-state index in [1.165, 1.54) is 6.07 Å². The highest BCUT2D eigenvalue weighted by molar-refractivity contribution is 7.92. The monoisotopic (exact) mass is 390 g/mol. The Bertz CT molecular complexity index is 1040. The predicted molar refractivity (Wildman–Crippen MR) is 98.1 cm³/mol. The Labute approximate surface area is 156 Å². The number of hydrogen-bond donors (Lipinski definition) is 1. The SMILES string of the molecule is Cc1ccc(S(=O)(=O)Nc2ccc(Oc3ncccn3)cc2C)c(Cl)n1. The third-order valence-electron chi connectivity index (χ3n) is 3.44. The van der Waals surface area contributed by atoms with Gasteiger partial charge < -0.3 is 4.74 Å². The van der Waals surface area contributed by atoms with E-state index in [1.54, 1.807) is 56.6 Å². The predicted octanol–water partition coefficient (Wildman–Crippen LogP) is 3.73. The highest BCUT2D eigenvalue weighted by atomic mass is 35.5. The second-order valence-electron chi connectivity index (χ2n) is 5.46. The van der Waals surface area contributed by atoms with Crippen LogP contribution in [0.4, 0.5) is 5.69 Å². The maximum Gasteiger partial charge on any atom is 0.321 e. The van der Waals surface area contributed by atoms with E-state index < -0.39 is 10.0 Å². The van der Waals surface area contributed by atoms with Crippen LogP contribution in [0.15, 0.2) is 53.7 Å². The Balaban J connectivity index is 1.83. The van der Waals surface area contributed by atoms with Crippen molar-refractivity contribution in [2.24, 2.45) is 0 Å². The number of benzene rings is 1. The van der Waals surface area contributed by atoms with Crippen molar-refractivity contribution in [1.82, 2.24) is 15.0 Å². The number of hydrogen-bond acceptors (Lipinski definition) is 6. The topological polar surface area (TPSA) is 94.1 Å². The average Bonchev–Trinajstić information content (AvgIpc) is 2.58. The molecule has 0 aliphatic rings. The standard InChI is InChI=1S/C17H15ClN4O3S/c1-11-10-13(25-17-19-8-3-9-20-17)5-6-14(11)22-26(23,24)15-7-4-12(2)21-16(15)18/h3-10,22H,1-2H3. The lowest BCUT2D eigenvalue weighted by Crippen LogP contribution is -2.15. The molecule has 0 saturated carbocycles. The lowest BCUT2D eigenvalue weighted by Gasteiger charge is -2.13. The van der Waals surface area contributed by atoms with Crippen LogP contribution in [0.3, 0.4) is 0 Å². The molecule has 3 aromatic rings. The fourth-order valence-corrected chi connectivity index (χ4v) is 3.81. The number of aromatic nitrogens is 3. The molecule has 0 radical (unpaired) electrons. The normalized spacial score (nSPS) is 11.2. The van der Waals surface area contributed by atoms with Gasteiger partial charge in [-0.1, -0.05) is 11.6 Å². The number of pyridine rings is 1. The summed E-state index contributed by atoms with van der Waals surface area (Å²) in [6, 6.07) is 9.80. The summed E-state index contributed by atoms with van der Waals surface area (Å²) in [5, 5.41) is -0.0728. The number of nitrogens with zero attached hydrogens (tertiary/aromatic N) is 3. The summed E-state index contributed by atoms with van der Waals surface area (Å²) in [5.74, 6) is 0.492. The van der Waals surface area contributed by atoms with Gasteiger partial charge in [-0.2, -0.15) is 0 Å². The molecule has 0 amide bonds. The first kappa shape index (κ1) is 18.1. The van der Waals surface area contributed by atoms with Crippen LogP contribution < -0.4 is 9.46 Å². The first-order chi connectivity index (χ1) is 12.3. The molecule has 0 bridgehead atoms. The van der Waals surface area contributed by atoms with Gasteiger partial charge in [0.05, 0.1) is 5.69 Å². The Morgan fingerprint density at radius 3 is 2.46 bits per heavy atom. The van der Waals surface area contributed by atoms with Crippen molar-refractivity contribution in [2.75, 3.05) is 4.72 Å². The maximum atomic E-state index is 12.6. The number of nitrogens with one attached hydrogen (secondary N) is 1. The first-order valence-electron chi connectivity index (χ1n) is 7.57. The molecular weight excluding hydrogens is 376 g/mol. The van der Waals surface area contributed by atoms with Gasteiger partial charge in [-0.05, 0) is 55.8 Å². The zero-order valence-corrected chi connectivity index (χ0v) is 15.5.